The van der Waals surface area contributed by atoms with Crippen LogP contribution in [0.25, 0.3) is 0 Å². The Kier molecular flexibility index (Phi) is 6.33. The fourth-order valence-electron chi connectivity index (χ4n) is 3.01. The lowest BCUT2D eigenvalue weighted by molar-refractivity contribution is -0.127. The second kappa shape index (κ2) is 9.09. The largest absolute Gasteiger partial charge is 0.497 e. The first-order chi connectivity index (χ1) is 13.6. The maximum absolute atomic E-state index is 12.9. The summed E-state index contributed by atoms with van der Waals surface area (Å²) in [5.74, 6) is 1.28. The summed E-state index contributed by atoms with van der Waals surface area (Å²) >= 11 is 0. The molecule has 0 heterocycles. The van der Waals surface area contributed by atoms with Gasteiger partial charge in [-0.25, -0.2) is 0 Å². The topological polar surface area (TPSA) is 47.6 Å². The summed E-state index contributed by atoms with van der Waals surface area (Å²) in [7, 11) is 1.63. The SMILES string of the molecule is COc1ccc([C@@H](NC(=O)[C@@H](C)Oc2cccc(C)c2)c2ccccc2)cc1. The molecule has 0 aromatic heterocycles. The molecule has 0 fully saturated rings. The van der Waals surface area contributed by atoms with Gasteiger partial charge in [-0.3, -0.25) is 4.79 Å². The molecule has 0 radical (unpaired) electrons. The molecule has 28 heavy (non-hydrogen) atoms. The smallest absolute Gasteiger partial charge is 0.261 e. The lowest BCUT2D eigenvalue weighted by Gasteiger charge is -2.23. The fraction of sp³-hybridized carbons (Fsp3) is 0.208. The van der Waals surface area contributed by atoms with Crippen molar-refractivity contribution in [2.75, 3.05) is 7.11 Å². The van der Waals surface area contributed by atoms with Gasteiger partial charge < -0.3 is 14.8 Å². The van der Waals surface area contributed by atoms with E-state index in [4.69, 9.17) is 9.47 Å². The molecule has 1 amide bonds. The van der Waals surface area contributed by atoms with E-state index in [-0.39, 0.29) is 11.9 Å². The summed E-state index contributed by atoms with van der Waals surface area (Å²) in [6.07, 6.45) is -0.619. The molecule has 1 N–H and O–H groups in total. The molecule has 3 aromatic rings. The van der Waals surface area contributed by atoms with Gasteiger partial charge in [0.05, 0.1) is 13.2 Å². The summed E-state index contributed by atoms with van der Waals surface area (Å²) in [4.78, 5) is 12.9. The van der Waals surface area contributed by atoms with Crippen LogP contribution >= 0.6 is 0 Å². The summed E-state index contributed by atoms with van der Waals surface area (Å²) in [6, 6.07) is 25.0. The van der Waals surface area contributed by atoms with Gasteiger partial charge >= 0.3 is 0 Å². The van der Waals surface area contributed by atoms with E-state index in [9.17, 15) is 4.79 Å². The number of benzene rings is 3. The zero-order valence-corrected chi connectivity index (χ0v) is 16.4. The first kappa shape index (κ1) is 19.5. The molecule has 0 saturated heterocycles. The zero-order valence-electron chi connectivity index (χ0n) is 16.4. The summed E-state index contributed by atoms with van der Waals surface area (Å²) in [5.41, 5.74) is 3.07. The molecule has 2 atom stereocenters. The molecule has 0 unspecified atom stereocenters. The number of nitrogens with one attached hydrogen (secondary N) is 1. The van der Waals surface area contributed by atoms with Crippen LogP contribution in [0, 0.1) is 6.92 Å². The van der Waals surface area contributed by atoms with Crippen molar-refractivity contribution in [3.8, 4) is 11.5 Å². The van der Waals surface area contributed by atoms with E-state index >= 15 is 0 Å². The standard InChI is InChI=1S/C24H25NO3/c1-17-8-7-11-22(16-17)28-18(2)24(26)25-23(19-9-5-4-6-10-19)20-12-14-21(27-3)15-13-20/h4-16,18,23H,1-3H3,(H,25,26)/t18-,23+/m1/s1. The predicted octanol–water partition coefficient (Wildman–Crippen LogP) is 4.68. The van der Waals surface area contributed by atoms with Gasteiger partial charge in [0.25, 0.3) is 5.91 Å². The number of rotatable bonds is 7. The lowest BCUT2D eigenvalue weighted by Crippen LogP contribution is -2.39. The van der Waals surface area contributed by atoms with Crippen LogP contribution < -0.4 is 14.8 Å². The predicted molar refractivity (Wildman–Crippen MR) is 111 cm³/mol. The Morgan fingerprint density at radius 2 is 1.54 bits per heavy atom. The molecule has 0 aliphatic rings. The van der Waals surface area contributed by atoms with Gasteiger partial charge in [-0.05, 0) is 54.8 Å². The Bertz CT molecular complexity index is 907. The highest BCUT2D eigenvalue weighted by Crippen LogP contribution is 2.24. The van der Waals surface area contributed by atoms with Crippen LogP contribution in [0.15, 0.2) is 78.9 Å². The van der Waals surface area contributed by atoms with Crippen LogP contribution in [0.3, 0.4) is 0 Å². The number of hydrogen-bond acceptors (Lipinski definition) is 3. The maximum atomic E-state index is 12.9. The van der Waals surface area contributed by atoms with Crippen molar-refractivity contribution in [2.24, 2.45) is 0 Å². The zero-order chi connectivity index (χ0) is 19.9. The molecule has 0 spiro atoms. The van der Waals surface area contributed by atoms with Crippen molar-refractivity contribution in [3.05, 3.63) is 95.6 Å². The quantitative estimate of drug-likeness (QED) is 0.652. The average Bonchev–Trinajstić information content (AvgIpc) is 2.72. The fourth-order valence-corrected chi connectivity index (χ4v) is 3.01. The first-order valence-electron chi connectivity index (χ1n) is 9.29. The average molecular weight is 375 g/mol. The normalized spacial score (nSPS) is 12.7. The lowest BCUT2D eigenvalue weighted by atomic mass is 9.98. The second-order valence-corrected chi connectivity index (χ2v) is 6.70. The number of hydrogen-bond donors (Lipinski definition) is 1. The van der Waals surface area contributed by atoms with Gasteiger partial charge in [-0.1, -0.05) is 54.6 Å². The Morgan fingerprint density at radius 1 is 0.857 bits per heavy atom. The molecule has 3 aromatic carbocycles. The Balaban J connectivity index is 1.79. The minimum absolute atomic E-state index is 0.175. The Hall–Kier alpha value is -3.27. The van der Waals surface area contributed by atoms with Crippen LogP contribution in [-0.4, -0.2) is 19.1 Å². The first-order valence-corrected chi connectivity index (χ1v) is 9.29. The second-order valence-electron chi connectivity index (χ2n) is 6.70. The molecule has 144 valence electrons. The van der Waals surface area contributed by atoms with Gasteiger partial charge in [0.15, 0.2) is 6.10 Å². The van der Waals surface area contributed by atoms with Gasteiger partial charge in [0.1, 0.15) is 11.5 Å². The molecular weight excluding hydrogens is 350 g/mol. The van der Waals surface area contributed by atoms with Crippen molar-refractivity contribution in [1.29, 1.82) is 0 Å². The minimum Gasteiger partial charge on any atom is -0.497 e. The number of carbonyl (C=O) groups is 1. The Morgan fingerprint density at radius 3 is 2.18 bits per heavy atom. The third kappa shape index (κ3) is 4.92. The Labute approximate surface area is 166 Å². The summed E-state index contributed by atoms with van der Waals surface area (Å²) < 4.78 is 11.1. The number of methoxy groups -OCH3 is 1. The van der Waals surface area contributed by atoms with Crippen molar-refractivity contribution >= 4 is 5.91 Å². The maximum Gasteiger partial charge on any atom is 0.261 e. The molecule has 3 rings (SSSR count). The summed E-state index contributed by atoms with van der Waals surface area (Å²) in [6.45, 7) is 3.75. The highest BCUT2D eigenvalue weighted by Gasteiger charge is 2.21. The molecule has 0 aliphatic carbocycles. The molecular formula is C24H25NO3. The van der Waals surface area contributed by atoms with E-state index in [1.807, 2.05) is 85.8 Å². The van der Waals surface area contributed by atoms with E-state index < -0.39 is 6.10 Å². The monoisotopic (exact) mass is 375 g/mol. The molecule has 0 aliphatic heterocycles. The number of aryl methyl sites for hydroxylation is 1. The van der Waals surface area contributed by atoms with Gasteiger partial charge in [-0.15, -0.1) is 0 Å². The third-order valence-corrected chi connectivity index (χ3v) is 4.54. The van der Waals surface area contributed by atoms with E-state index in [0.717, 1.165) is 22.4 Å². The number of carbonyl (C=O) groups excluding carboxylic acids is 1. The highest BCUT2D eigenvalue weighted by molar-refractivity contribution is 5.81. The van der Waals surface area contributed by atoms with Gasteiger partial charge in [0, 0.05) is 0 Å². The van der Waals surface area contributed by atoms with Crippen LogP contribution in [0.2, 0.25) is 0 Å². The van der Waals surface area contributed by atoms with E-state index in [0.29, 0.717) is 5.75 Å². The molecule has 0 bridgehead atoms. The molecule has 4 nitrogen and oxygen atoms in total. The number of amides is 1. The van der Waals surface area contributed by atoms with Crippen molar-refractivity contribution in [3.63, 3.8) is 0 Å². The van der Waals surface area contributed by atoms with E-state index in [1.54, 1.807) is 14.0 Å². The molecule has 0 saturated carbocycles. The van der Waals surface area contributed by atoms with Crippen molar-refractivity contribution in [2.45, 2.75) is 26.0 Å². The minimum atomic E-state index is -0.619. The van der Waals surface area contributed by atoms with Crippen molar-refractivity contribution in [1.82, 2.24) is 5.32 Å². The van der Waals surface area contributed by atoms with E-state index in [1.165, 1.54) is 0 Å². The molecule has 4 heteroatoms. The van der Waals surface area contributed by atoms with E-state index in [2.05, 4.69) is 5.32 Å². The van der Waals surface area contributed by atoms with Crippen LogP contribution in [-0.2, 0) is 4.79 Å². The van der Waals surface area contributed by atoms with Crippen LogP contribution in [0.1, 0.15) is 29.7 Å². The van der Waals surface area contributed by atoms with Gasteiger partial charge in [0.2, 0.25) is 0 Å². The highest BCUT2D eigenvalue weighted by atomic mass is 16.5. The van der Waals surface area contributed by atoms with Gasteiger partial charge in [-0.2, -0.15) is 0 Å². The third-order valence-electron chi connectivity index (χ3n) is 4.54. The summed E-state index contributed by atoms with van der Waals surface area (Å²) in [5, 5.41) is 3.12. The number of ether oxygens (including phenoxy) is 2. The van der Waals surface area contributed by atoms with Crippen LogP contribution in [0.5, 0.6) is 11.5 Å². The van der Waals surface area contributed by atoms with Crippen LogP contribution in [0.4, 0.5) is 0 Å². The van der Waals surface area contributed by atoms with Crippen molar-refractivity contribution < 1.29 is 14.3 Å².